The molecule has 4 rings (SSSR count). The van der Waals surface area contributed by atoms with Gasteiger partial charge < -0.3 is 14.8 Å². The molecule has 24 heavy (non-hydrogen) atoms. The molecule has 0 aliphatic heterocycles. The number of rotatable bonds is 3. The lowest BCUT2D eigenvalue weighted by atomic mass is 10.2. The molecule has 7 nitrogen and oxygen atoms in total. The highest BCUT2D eigenvalue weighted by atomic mass is 35.5. The molecule has 0 aliphatic carbocycles. The Bertz CT molecular complexity index is 1010. The van der Waals surface area contributed by atoms with Crippen LogP contribution in [0.25, 0.3) is 22.6 Å². The summed E-state index contributed by atoms with van der Waals surface area (Å²) < 4.78 is 4.66. The Morgan fingerprint density at radius 1 is 1.21 bits per heavy atom. The van der Waals surface area contributed by atoms with E-state index in [0.717, 1.165) is 11.0 Å². The van der Waals surface area contributed by atoms with Gasteiger partial charge in [0.25, 0.3) is 5.91 Å². The number of aromatic nitrogens is 4. The zero-order chi connectivity index (χ0) is 16.5. The number of imidazole rings is 1. The van der Waals surface area contributed by atoms with E-state index < -0.39 is 0 Å². The number of pyridine rings is 1. The van der Waals surface area contributed by atoms with Gasteiger partial charge in [0.2, 0.25) is 0 Å². The molecule has 8 heteroatoms. The molecule has 1 amide bonds. The monoisotopic (exact) mass is 339 g/mol. The van der Waals surface area contributed by atoms with Crippen LogP contribution in [-0.4, -0.2) is 26.0 Å². The molecule has 3 heterocycles. The van der Waals surface area contributed by atoms with Gasteiger partial charge in [0.1, 0.15) is 12.0 Å². The highest BCUT2D eigenvalue weighted by Crippen LogP contribution is 2.22. The molecular weight excluding hydrogens is 330 g/mol. The van der Waals surface area contributed by atoms with Gasteiger partial charge in [-0.05, 0) is 30.3 Å². The van der Waals surface area contributed by atoms with Crippen LogP contribution in [0.4, 0.5) is 5.69 Å². The molecule has 3 aromatic heterocycles. The first-order valence-corrected chi connectivity index (χ1v) is 7.40. The lowest BCUT2D eigenvalue weighted by molar-refractivity contribution is 0.101. The van der Waals surface area contributed by atoms with Gasteiger partial charge in [-0.25, -0.2) is 4.98 Å². The Hall–Kier alpha value is -3.19. The van der Waals surface area contributed by atoms with E-state index in [0.29, 0.717) is 22.2 Å². The quantitative estimate of drug-likeness (QED) is 0.595. The molecule has 0 fully saturated rings. The van der Waals surface area contributed by atoms with Crippen molar-refractivity contribution in [1.82, 2.24) is 20.1 Å². The average molecular weight is 340 g/mol. The van der Waals surface area contributed by atoms with Crippen LogP contribution in [0.15, 0.2) is 53.4 Å². The van der Waals surface area contributed by atoms with Gasteiger partial charge in [-0.3, -0.25) is 9.78 Å². The van der Waals surface area contributed by atoms with E-state index in [2.05, 4.69) is 29.9 Å². The number of carbonyl (C=O) groups excluding carboxylic acids is 1. The average Bonchev–Trinajstić information content (AvgIpc) is 3.24. The number of nitrogens with one attached hydrogen (secondary N) is 2. The van der Waals surface area contributed by atoms with Gasteiger partial charge in [0, 0.05) is 18.0 Å². The summed E-state index contributed by atoms with van der Waals surface area (Å²) in [5, 5.41) is 6.91. The Morgan fingerprint density at radius 3 is 2.88 bits per heavy atom. The topological polar surface area (TPSA) is 96.7 Å². The number of hydrogen-bond donors (Lipinski definition) is 2. The first-order chi connectivity index (χ1) is 11.7. The second kappa shape index (κ2) is 5.78. The molecule has 0 aliphatic rings. The number of benzene rings is 1. The van der Waals surface area contributed by atoms with Crippen LogP contribution in [0.2, 0.25) is 5.02 Å². The number of nitrogens with zero attached hydrogens (tertiary/aromatic N) is 3. The van der Waals surface area contributed by atoms with Gasteiger partial charge in [0.15, 0.2) is 11.5 Å². The van der Waals surface area contributed by atoms with Gasteiger partial charge in [-0.15, -0.1) is 0 Å². The van der Waals surface area contributed by atoms with Crippen LogP contribution in [0.3, 0.4) is 0 Å². The third-order valence-corrected chi connectivity index (χ3v) is 3.60. The number of fused-ring (bicyclic) bond motifs is 1. The molecule has 118 valence electrons. The van der Waals surface area contributed by atoms with Crippen molar-refractivity contribution in [2.24, 2.45) is 0 Å². The fourth-order valence-electron chi connectivity index (χ4n) is 2.25. The maximum absolute atomic E-state index is 12.0. The predicted octanol–water partition coefficient (Wildman–Crippen LogP) is 3.52. The first-order valence-electron chi connectivity index (χ1n) is 7.02. The summed E-state index contributed by atoms with van der Waals surface area (Å²) in [6, 6.07) is 10.4. The molecular formula is C16H10ClN5O2. The number of carbonyl (C=O) groups is 1. The van der Waals surface area contributed by atoms with E-state index in [1.807, 2.05) is 6.07 Å². The smallest absolute Gasteiger partial charge is 0.277 e. The molecule has 4 aromatic rings. The molecule has 0 radical (unpaired) electrons. The number of anilines is 1. The van der Waals surface area contributed by atoms with Crippen molar-refractivity contribution in [1.29, 1.82) is 0 Å². The fraction of sp³-hybridized carbons (Fsp3) is 0. The molecule has 0 saturated carbocycles. The molecule has 0 unspecified atom stereocenters. The largest absolute Gasteiger partial charge is 0.364 e. The summed E-state index contributed by atoms with van der Waals surface area (Å²) in [6.45, 7) is 0. The van der Waals surface area contributed by atoms with Crippen LogP contribution in [0.1, 0.15) is 10.5 Å². The molecule has 0 bridgehead atoms. The summed E-state index contributed by atoms with van der Waals surface area (Å²) in [5.74, 6) is 0.281. The van der Waals surface area contributed by atoms with Crippen LogP contribution >= 0.6 is 11.6 Å². The van der Waals surface area contributed by atoms with Crippen LogP contribution in [0, 0.1) is 0 Å². The van der Waals surface area contributed by atoms with Gasteiger partial charge >= 0.3 is 0 Å². The normalized spacial score (nSPS) is 10.9. The van der Waals surface area contributed by atoms with E-state index in [-0.39, 0.29) is 11.6 Å². The second-order valence-electron chi connectivity index (χ2n) is 5.02. The van der Waals surface area contributed by atoms with Crippen molar-refractivity contribution in [3.8, 4) is 11.5 Å². The Kier molecular flexibility index (Phi) is 3.47. The molecule has 0 saturated heterocycles. The zero-order valence-electron chi connectivity index (χ0n) is 12.2. The van der Waals surface area contributed by atoms with Crippen molar-refractivity contribution in [3.63, 3.8) is 0 Å². The number of H-pyrrole nitrogens is 1. The summed E-state index contributed by atoms with van der Waals surface area (Å²) in [6.07, 6.45) is 2.91. The molecule has 2 N–H and O–H groups in total. The molecule has 0 atom stereocenters. The van der Waals surface area contributed by atoms with Crippen molar-refractivity contribution in [2.75, 3.05) is 5.32 Å². The summed E-state index contributed by atoms with van der Waals surface area (Å²) in [5.41, 5.74) is 3.06. The minimum Gasteiger partial charge on any atom is -0.364 e. The van der Waals surface area contributed by atoms with E-state index in [9.17, 15) is 4.79 Å². The van der Waals surface area contributed by atoms with E-state index in [1.165, 1.54) is 12.3 Å². The fourth-order valence-corrected chi connectivity index (χ4v) is 2.36. The van der Waals surface area contributed by atoms with Crippen molar-refractivity contribution < 1.29 is 9.32 Å². The Morgan fingerprint density at radius 2 is 2.12 bits per heavy atom. The van der Waals surface area contributed by atoms with E-state index in [1.54, 1.807) is 30.5 Å². The Labute approximate surface area is 140 Å². The van der Waals surface area contributed by atoms with Crippen molar-refractivity contribution >= 4 is 34.2 Å². The van der Waals surface area contributed by atoms with Crippen LogP contribution < -0.4 is 5.32 Å². The minimum atomic E-state index is -0.345. The highest BCUT2D eigenvalue weighted by Gasteiger charge is 2.11. The van der Waals surface area contributed by atoms with Crippen molar-refractivity contribution in [2.45, 2.75) is 0 Å². The maximum atomic E-state index is 12.0. The summed E-state index contributed by atoms with van der Waals surface area (Å²) >= 11 is 5.84. The zero-order valence-corrected chi connectivity index (χ0v) is 12.9. The summed E-state index contributed by atoms with van der Waals surface area (Å²) in [4.78, 5) is 23.9. The Balaban J connectivity index is 1.63. The highest BCUT2D eigenvalue weighted by molar-refractivity contribution is 6.30. The van der Waals surface area contributed by atoms with Gasteiger partial charge in [-0.2, -0.15) is 0 Å². The number of halogens is 1. The lowest BCUT2D eigenvalue weighted by Crippen LogP contribution is -2.11. The lowest BCUT2D eigenvalue weighted by Gasteiger charge is -2.02. The molecule has 0 spiro atoms. The third-order valence-electron chi connectivity index (χ3n) is 3.38. The van der Waals surface area contributed by atoms with Gasteiger partial charge in [-0.1, -0.05) is 16.8 Å². The standard InChI is InChI=1S/C16H10ClN5O2/c17-9-1-3-12(18-8-9)15-20-11-4-2-10(7-14(11)21-15)19-16(23)13-5-6-24-22-13/h1-8H,(H,19,23)(H,20,21). The maximum Gasteiger partial charge on any atom is 0.277 e. The number of aromatic amines is 1. The predicted molar refractivity (Wildman–Crippen MR) is 88.8 cm³/mol. The second-order valence-corrected chi connectivity index (χ2v) is 5.45. The van der Waals surface area contributed by atoms with Crippen molar-refractivity contribution in [3.05, 3.63) is 59.6 Å². The first kappa shape index (κ1) is 14.4. The minimum absolute atomic E-state index is 0.214. The number of amides is 1. The van der Waals surface area contributed by atoms with E-state index in [4.69, 9.17) is 11.6 Å². The SMILES string of the molecule is O=C(Nc1ccc2nc(-c3ccc(Cl)cn3)[nH]c2c1)c1ccon1. The van der Waals surface area contributed by atoms with E-state index >= 15 is 0 Å². The third kappa shape index (κ3) is 2.72. The number of hydrogen-bond acceptors (Lipinski definition) is 5. The molecule has 1 aromatic carbocycles. The van der Waals surface area contributed by atoms with Gasteiger partial charge in [0.05, 0.1) is 16.1 Å². The summed E-state index contributed by atoms with van der Waals surface area (Å²) in [7, 11) is 0. The van der Waals surface area contributed by atoms with Crippen LogP contribution in [0.5, 0.6) is 0 Å². The van der Waals surface area contributed by atoms with Crippen LogP contribution in [-0.2, 0) is 0 Å².